The number of aryl methyl sites for hydroxylation is 1. The summed E-state index contributed by atoms with van der Waals surface area (Å²) in [5.41, 5.74) is 9.47. The molecule has 1 aliphatic heterocycles. The van der Waals surface area contributed by atoms with Gasteiger partial charge in [0.2, 0.25) is 0 Å². The molecule has 7 heteroatoms. The van der Waals surface area contributed by atoms with Gasteiger partial charge in [-0.15, -0.1) is 0 Å². The molecule has 0 atom stereocenters. The fourth-order valence-electron chi connectivity index (χ4n) is 3.63. The summed E-state index contributed by atoms with van der Waals surface area (Å²) < 4.78 is 2.29. The SMILES string of the molecule is CCn1c(CCNC)nc2cc(N3CCN(C(=O)/C(C)=C/N)CC3)ccc21. The van der Waals surface area contributed by atoms with Gasteiger partial charge in [0.25, 0.3) is 5.91 Å². The minimum absolute atomic E-state index is 0.0310. The van der Waals surface area contributed by atoms with E-state index in [0.717, 1.165) is 43.9 Å². The Bertz CT molecular complexity index is 832. The zero-order chi connectivity index (χ0) is 19.4. The third kappa shape index (κ3) is 3.93. The Morgan fingerprint density at radius 3 is 2.67 bits per heavy atom. The number of nitrogens with two attached hydrogens (primary N) is 1. The van der Waals surface area contributed by atoms with Crippen molar-refractivity contribution in [3.63, 3.8) is 0 Å². The fourth-order valence-corrected chi connectivity index (χ4v) is 3.63. The van der Waals surface area contributed by atoms with Crippen LogP contribution < -0.4 is 16.0 Å². The van der Waals surface area contributed by atoms with Crippen LogP contribution in [0, 0.1) is 0 Å². The van der Waals surface area contributed by atoms with E-state index in [1.165, 1.54) is 17.4 Å². The first kappa shape index (κ1) is 19.2. The summed E-state index contributed by atoms with van der Waals surface area (Å²) in [5.74, 6) is 1.15. The van der Waals surface area contributed by atoms with Gasteiger partial charge in [-0.05, 0) is 39.1 Å². The van der Waals surface area contributed by atoms with Crippen LogP contribution in [0.4, 0.5) is 5.69 Å². The number of hydrogen-bond donors (Lipinski definition) is 2. The molecule has 0 saturated carbocycles. The Kier molecular flexibility index (Phi) is 6.01. The predicted molar refractivity (Wildman–Crippen MR) is 110 cm³/mol. The largest absolute Gasteiger partial charge is 0.404 e. The summed E-state index contributed by atoms with van der Waals surface area (Å²) in [6.07, 6.45) is 2.31. The number of fused-ring (bicyclic) bond motifs is 1. The highest BCUT2D eigenvalue weighted by molar-refractivity contribution is 5.92. The van der Waals surface area contributed by atoms with E-state index < -0.39 is 0 Å². The maximum Gasteiger partial charge on any atom is 0.251 e. The van der Waals surface area contributed by atoms with Crippen molar-refractivity contribution in [2.45, 2.75) is 26.8 Å². The standard InChI is InChI=1S/C20H30N6O/c1-4-26-18-6-5-16(13-17(18)23-19(26)7-8-22-3)24-9-11-25(12-10-24)20(27)15(2)14-21/h5-6,13-14,22H,4,7-12,21H2,1-3H3/b15-14+. The van der Waals surface area contributed by atoms with Crippen molar-refractivity contribution in [1.82, 2.24) is 19.8 Å². The molecule has 1 aromatic heterocycles. The molecule has 7 nitrogen and oxygen atoms in total. The number of nitrogens with zero attached hydrogens (tertiary/aromatic N) is 4. The number of nitrogens with one attached hydrogen (secondary N) is 1. The Hall–Kier alpha value is -2.54. The summed E-state index contributed by atoms with van der Waals surface area (Å²) >= 11 is 0. The lowest BCUT2D eigenvalue weighted by atomic mass is 10.2. The first-order valence-electron chi connectivity index (χ1n) is 9.65. The summed E-state index contributed by atoms with van der Waals surface area (Å²) in [5, 5.41) is 3.19. The summed E-state index contributed by atoms with van der Waals surface area (Å²) in [6, 6.07) is 6.51. The average Bonchev–Trinajstić information content (AvgIpc) is 3.07. The molecule has 0 bridgehead atoms. The van der Waals surface area contributed by atoms with Gasteiger partial charge in [-0.3, -0.25) is 4.79 Å². The number of imidazole rings is 1. The Morgan fingerprint density at radius 1 is 1.30 bits per heavy atom. The number of likely N-dealkylation sites (N-methyl/N-ethyl adjacent to an activating group) is 1. The predicted octanol–water partition coefficient (Wildman–Crippen LogP) is 1.33. The Balaban J connectivity index is 1.75. The number of amides is 1. The monoisotopic (exact) mass is 370 g/mol. The van der Waals surface area contributed by atoms with Crippen molar-refractivity contribution in [3.8, 4) is 0 Å². The molecule has 3 N–H and O–H groups in total. The van der Waals surface area contributed by atoms with Gasteiger partial charge in [0.15, 0.2) is 0 Å². The molecule has 0 aliphatic carbocycles. The van der Waals surface area contributed by atoms with Gasteiger partial charge in [-0.2, -0.15) is 0 Å². The molecule has 1 saturated heterocycles. The van der Waals surface area contributed by atoms with Gasteiger partial charge in [0.05, 0.1) is 11.0 Å². The van der Waals surface area contributed by atoms with Crippen LogP contribution in [0.3, 0.4) is 0 Å². The van der Waals surface area contributed by atoms with Crippen LogP contribution in [0.1, 0.15) is 19.7 Å². The third-order valence-corrected chi connectivity index (χ3v) is 5.25. The highest BCUT2D eigenvalue weighted by atomic mass is 16.2. The van der Waals surface area contributed by atoms with E-state index in [9.17, 15) is 4.79 Å². The van der Waals surface area contributed by atoms with Gasteiger partial charge in [-0.1, -0.05) is 0 Å². The van der Waals surface area contributed by atoms with Crippen LogP contribution >= 0.6 is 0 Å². The lowest BCUT2D eigenvalue weighted by Crippen LogP contribution is -2.49. The summed E-state index contributed by atoms with van der Waals surface area (Å²) in [7, 11) is 1.96. The highest BCUT2D eigenvalue weighted by Crippen LogP contribution is 2.24. The lowest BCUT2D eigenvalue weighted by molar-refractivity contribution is -0.127. The van der Waals surface area contributed by atoms with E-state index in [0.29, 0.717) is 18.7 Å². The quantitative estimate of drug-likeness (QED) is 0.750. The molecular weight excluding hydrogens is 340 g/mol. The third-order valence-electron chi connectivity index (χ3n) is 5.25. The van der Waals surface area contributed by atoms with Gasteiger partial charge in [0.1, 0.15) is 5.82 Å². The first-order chi connectivity index (χ1) is 13.1. The minimum Gasteiger partial charge on any atom is -0.404 e. The maximum atomic E-state index is 12.2. The van der Waals surface area contributed by atoms with E-state index in [1.54, 1.807) is 6.92 Å². The first-order valence-corrected chi connectivity index (χ1v) is 9.65. The molecular formula is C20H30N6O. The molecule has 2 aromatic rings. The number of benzene rings is 1. The molecule has 0 unspecified atom stereocenters. The minimum atomic E-state index is 0.0310. The van der Waals surface area contributed by atoms with E-state index in [-0.39, 0.29) is 5.91 Å². The fraction of sp³-hybridized carbons (Fsp3) is 0.500. The molecule has 1 fully saturated rings. The van der Waals surface area contributed by atoms with Crippen LogP contribution in [-0.4, -0.2) is 60.1 Å². The molecule has 1 aliphatic rings. The molecule has 2 heterocycles. The molecule has 3 rings (SSSR count). The topological polar surface area (TPSA) is 79.4 Å². The van der Waals surface area contributed by atoms with Crippen molar-refractivity contribution < 1.29 is 4.79 Å². The second-order valence-corrected chi connectivity index (χ2v) is 6.93. The zero-order valence-corrected chi connectivity index (χ0v) is 16.5. The number of anilines is 1. The number of carbonyl (C=O) groups is 1. The van der Waals surface area contributed by atoms with Gasteiger partial charge < -0.3 is 25.4 Å². The molecule has 146 valence electrons. The van der Waals surface area contributed by atoms with E-state index in [1.807, 2.05) is 11.9 Å². The smallest absolute Gasteiger partial charge is 0.251 e. The normalized spacial score (nSPS) is 15.6. The molecule has 1 amide bonds. The van der Waals surface area contributed by atoms with Gasteiger partial charge in [0, 0.05) is 63.1 Å². The van der Waals surface area contributed by atoms with E-state index in [4.69, 9.17) is 10.7 Å². The average molecular weight is 371 g/mol. The highest BCUT2D eigenvalue weighted by Gasteiger charge is 2.22. The van der Waals surface area contributed by atoms with Gasteiger partial charge >= 0.3 is 0 Å². The number of aromatic nitrogens is 2. The van der Waals surface area contributed by atoms with Crippen LogP contribution in [0.15, 0.2) is 30.0 Å². The molecule has 27 heavy (non-hydrogen) atoms. The number of rotatable bonds is 6. The lowest BCUT2D eigenvalue weighted by Gasteiger charge is -2.36. The number of hydrogen-bond acceptors (Lipinski definition) is 5. The zero-order valence-electron chi connectivity index (χ0n) is 16.5. The molecule has 1 aromatic carbocycles. The van der Waals surface area contributed by atoms with Crippen molar-refractivity contribution in [2.75, 3.05) is 44.7 Å². The second kappa shape index (κ2) is 8.43. The summed E-state index contributed by atoms with van der Waals surface area (Å²) in [4.78, 5) is 21.3. The van der Waals surface area contributed by atoms with Gasteiger partial charge in [-0.25, -0.2) is 4.98 Å². The van der Waals surface area contributed by atoms with Crippen LogP contribution in [0.25, 0.3) is 11.0 Å². The van der Waals surface area contributed by atoms with E-state index >= 15 is 0 Å². The van der Waals surface area contributed by atoms with Crippen LogP contribution in [0.2, 0.25) is 0 Å². The Morgan fingerprint density at radius 2 is 2.04 bits per heavy atom. The summed E-state index contributed by atoms with van der Waals surface area (Å²) in [6.45, 7) is 8.81. The maximum absolute atomic E-state index is 12.2. The molecule has 0 radical (unpaired) electrons. The van der Waals surface area contributed by atoms with Crippen molar-refractivity contribution in [2.24, 2.45) is 5.73 Å². The van der Waals surface area contributed by atoms with E-state index in [2.05, 4.69) is 39.9 Å². The Labute approximate surface area is 160 Å². The second-order valence-electron chi connectivity index (χ2n) is 6.93. The number of piperazine rings is 1. The molecule has 0 spiro atoms. The number of carbonyl (C=O) groups excluding carboxylic acids is 1. The van der Waals surface area contributed by atoms with Crippen molar-refractivity contribution in [3.05, 3.63) is 35.8 Å². The van der Waals surface area contributed by atoms with Crippen molar-refractivity contribution >= 4 is 22.6 Å². The van der Waals surface area contributed by atoms with Crippen molar-refractivity contribution in [1.29, 1.82) is 0 Å². The van der Waals surface area contributed by atoms with Crippen LogP contribution in [-0.2, 0) is 17.8 Å². The van der Waals surface area contributed by atoms with Crippen LogP contribution in [0.5, 0.6) is 0 Å².